The van der Waals surface area contributed by atoms with Gasteiger partial charge in [-0.1, -0.05) is 18.2 Å². The van der Waals surface area contributed by atoms with Crippen LogP contribution < -0.4 is 0 Å². The first-order chi connectivity index (χ1) is 9.88. The fourth-order valence-electron chi connectivity index (χ4n) is 2.42. The van der Waals surface area contributed by atoms with Crippen molar-refractivity contribution in [2.75, 3.05) is 0 Å². The molecule has 0 radical (unpaired) electrons. The second-order valence-corrected chi connectivity index (χ2v) is 4.37. The molecule has 20 heavy (non-hydrogen) atoms. The average Bonchev–Trinajstić information content (AvgIpc) is 3.14. The predicted molar refractivity (Wildman–Crippen MR) is 74.8 cm³/mol. The number of rotatable bonds is 2. The molecule has 2 N–H and O–H groups in total. The van der Waals surface area contributed by atoms with Crippen LogP contribution in [0.5, 0.6) is 0 Å². The van der Waals surface area contributed by atoms with Gasteiger partial charge in [-0.25, -0.2) is 4.98 Å². The molecular formula is C14H9N5O. The minimum absolute atomic E-state index is 0.707. The van der Waals surface area contributed by atoms with E-state index in [9.17, 15) is 0 Å². The van der Waals surface area contributed by atoms with E-state index in [4.69, 9.17) is 9.83 Å². The first-order valence-electron chi connectivity index (χ1n) is 6.05. The highest BCUT2D eigenvalue weighted by atomic mass is 16.3. The minimum Gasteiger partial charge on any atom is -0.443 e. The van der Waals surface area contributed by atoms with E-state index in [0.29, 0.717) is 5.58 Å². The van der Waals surface area contributed by atoms with Crippen molar-refractivity contribution >= 4 is 28.3 Å². The molecule has 2 aromatic heterocycles. The Labute approximate surface area is 113 Å². The molecule has 0 bridgehead atoms. The second kappa shape index (κ2) is 3.99. The predicted octanol–water partition coefficient (Wildman–Crippen LogP) is 2.76. The Kier molecular flexibility index (Phi) is 2.17. The normalized spacial score (nSPS) is 11.2. The highest BCUT2D eigenvalue weighted by Crippen LogP contribution is 2.33. The molecule has 2 heterocycles. The van der Waals surface area contributed by atoms with E-state index in [1.165, 1.54) is 12.6 Å². The van der Waals surface area contributed by atoms with E-state index in [1.54, 1.807) is 0 Å². The van der Waals surface area contributed by atoms with E-state index < -0.39 is 0 Å². The number of fused-ring (bicyclic) bond motifs is 2. The number of H-pyrrole nitrogens is 1. The van der Waals surface area contributed by atoms with Gasteiger partial charge in [-0.2, -0.15) is 15.4 Å². The van der Waals surface area contributed by atoms with Gasteiger partial charge in [0.2, 0.25) is 0 Å². The fraction of sp³-hybridized carbons (Fsp3) is 0. The minimum atomic E-state index is 0.707. The van der Waals surface area contributed by atoms with Crippen LogP contribution in [0.25, 0.3) is 33.3 Å². The van der Waals surface area contributed by atoms with Gasteiger partial charge in [0, 0.05) is 22.9 Å². The van der Waals surface area contributed by atoms with Crippen LogP contribution in [-0.4, -0.2) is 26.6 Å². The van der Waals surface area contributed by atoms with Gasteiger partial charge in [0.25, 0.3) is 0 Å². The zero-order valence-electron chi connectivity index (χ0n) is 10.3. The lowest BCUT2D eigenvalue weighted by atomic mass is 9.97. The Bertz CT molecular complexity index is 937. The van der Waals surface area contributed by atoms with Crippen LogP contribution >= 0.6 is 0 Å². The third-order valence-corrected chi connectivity index (χ3v) is 3.31. The number of aromatic nitrogens is 4. The zero-order valence-corrected chi connectivity index (χ0v) is 10.3. The van der Waals surface area contributed by atoms with Crippen LogP contribution in [-0.2, 0) is 0 Å². The van der Waals surface area contributed by atoms with E-state index in [1.807, 2.05) is 30.3 Å². The van der Waals surface area contributed by atoms with Crippen molar-refractivity contribution in [3.63, 3.8) is 0 Å². The number of nitrogens with zero attached hydrogens (tertiary/aromatic N) is 3. The van der Waals surface area contributed by atoms with Gasteiger partial charge in [0.1, 0.15) is 16.6 Å². The van der Waals surface area contributed by atoms with Gasteiger partial charge in [0.05, 0.1) is 0 Å². The molecule has 0 aliphatic rings. The van der Waals surface area contributed by atoms with E-state index in [-0.39, 0.29) is 0 Å². The second-order valence-electron chi connectivity index (χ2n) is 4.37. The molecule has 6 nitrogen and oxygen atoms in total. The average molecular weight is 263 g/mol. The van der Waals surface area contributed by atoms with Crippen molar-refractivity contribution < 1.29 is 4.42 Å². The van der Waals surface area contributed by atoms with E-state index >= 15 is 0 Å². The number of hydrogen-bond acceptors (Lipinski definition) is 5. The quantitative estimate of drug-likeness (QED) is 0.544. The lowest BCUT2D eigenvalue weighted by molar-refractivity contribution is 0.602. The van der Waals surface area contributed by atoms with Crippen LogP contribution in [0.15, 0.2) is 41.1 Å². The van der Waals surface area contributed by atoms with Crippen LogP contribution in [0, 0.1) is 5.41 Å². The number of oxazole rings is 1. The van der Waals surface area contributed by atoms with Crippen LogP contribution in [0.4, 0.5) is 0 Å². The first-order valence-corrected chi connectivity index (χ1v) is 6.05. The number of hydrogen-bond donors (Lipinski definition) is 2. The molecule has 0 unspecified atom stereocenters. The fourth-order valence-corrected chi connectivity index (χ4v) is 2.42. The Morgan fingerprint density at radius 2 is 2.05 bits per heavy atom. The molecule has 0 saturated carbocycles. The Balaban J connectivity index is 2.18. The third-order valence-electron chi connectivity index (χ3n) is 3.31. The van der Waals surface area contributed by atoms with Gasteiger partial charge in [-0.3, -0.25) is 0 Å². The molecule has 96 valence electrons. The molecule has 0 atom stereocenters. The largest absolute Gasteiger partial charge is 0.443 e. The Morgan fingerprint density at radius 1 is 1.10 bits per heavy atom. The van der Waals surface area contributed by atoms with E-state index in [0.717, 1.165) is 33.2 Å². The maximum Gasteiger partial charge on any atom is 0.182 e. The number of para-hydroxylation sites is 1. The topological polar surface area (TPSA) is 91.5 Å². The molecular weight excluding hydrogens is 254 g/mol. The molecule has 0 aliphatic heterocycles. The highest BCUT2D eigenvalue weighted by Gasteiger charge is 2.15. The summed E-state index contributed by atoms with van der Waals surface area (Å²) in [6.07, 6.45) is 2.73. The summed E-state index contributed by atoms with van der Waals surface area (Å²) in [5.74, 6) is 0. The summed E-state index contributed by atoms with van der Waals surface area (Å²) < 4.78 is 5.34. The molecule has 0 fully saturated rings. The summed E-state index contributed by atoms with van der Waals surface area (Å²) in [6, 6.07) is 9.40. The molecule has 0 amide bonds. The van der Waals surface area contributed by atoms with Crippen LogP contribution in [0.3, 0.4) is 0 Å². The van der Waals surface area contributed by atoms with Crippen molar-refractivity contribution in [2.24, 2.45) is 0 Å². The smallest absolute Gasteiger partial charge is 0.182 e. The summed E-state index contributed by atoms with van der Waals surface area (Å²) >= 11 is 0. The summed E-state index contributed by atoms with van der Waals surface area (Å²) in [4.78, 5) is 4.26. The van der Waals surface area contributed by atoms with Gasteiger partial charge in [-0.05, 0) is 12.1 Å². The lowest BCUT2D eigenvalue weighted by Crippen LogP contribution is -1.91. The molecule has 4 rings (SSSR count). The van der Waals surface area contributed by atoms with Crippen molar-refractivity contribution in [3.8, 4) is 11.1 Å². The van der Waals surface area contributed by atoms with Crippen LogP contribution in [0.1, 0.15) is 5.56 Å². The maximum absolute atomic E-state index is 7.61. The molecule has 2 aromatic carbocycles. The van der Waals surface area contributed by atoms with Gasteiger partial charge in [0.15, 0.2) is 12.0 Å². The van der Waals surface area contributed by atoms with Crippen molar-refractivity contribution in [1.29, 1.82) is 5.41 Å². The maximum atomic E-state index is 7.61. The highest BCUT2D eigenvalue weighted by molar-refractivity contribution is 6.06. The first kappa shape index (κ1) is 10.9. The van der Waals surface area contributed by atoms with Crippen LogP contribution in [0.2, 0.25) is 0 Å². The Hall–Kier alpha value is -3.02. The number of aromatic amines is 1. The van der Waals surface area contributed by atoms with Gasteiger partial charge >= 0.3 is 0 Å². The zero-order chi connectivity index (χ0) is 13.5. The monoisotopic (exact) mass is 263 g/mol. The molecule has 0 aliphatic carbocycles. The molecule has 0 spiro atoms. The van der Waals surface area contributed by atoms with E-state index in [2.05, 4.69) is 20.4 Å². The summed E-state index contributed by atoms with van der Waals surface area (Å²) in [5, 5.41) is 18.5. The molecule has 0 saturated heterocycles. The number of nitrogens with one attached hydrogen (secondary N) is 2. The summed E-state index contributed by atoms with van der Waals surface area (Å²) in [6.45, 7) is 0. The van der Waals surface area contributed by atoms with Crippen molar-refractivity contribution in [1.82, 2.24) is 20.4 Å². The summed E-state index contributed by atoms with van der Waals surface area (Å²) in [5.41, 5.74) is 5.43. The van der Waals surface area contributed by atoms with Crippen molar-refractivity contribution in [2.45, 2.75) is 0 Å². The molecule has 6 heteroatoms. The lowest BCUT2D eigenvalue weighted by Gasteiger charge is -2.06. The Morgan fingerprint density at radius 3 is 2.95 bits per heavy atom. The standard InChI is InChI=1S/C14H9N5O/c15-6-8-4-5-10-14(18-19-17-10)12(8)9-2-1-3-11-13(9)16-7-20-11/h1-7,15H,(H,17,18,19). The van der Waals surface area contributed by atoms with Crippen molar-refractivity contribution in [3.05, 3.63) is 42.3 Å². The SMILES string of the molecule is N=Cc1ccc2n[nH]nc2c1-c1cccc2ocnc12. The number of benzene rings is 2. The van der Waals surface area contributed by atoms with Gasteiger partial charge < -0.3 is 9.83 Å². The van der Waals surface area contributed by atoms with Gasteiger partial charge in [-0.15, -0.1) is 0 Å². The summed E-state index contributed by atoms with van der Waals surface area (Å²) in [7, 11) is 0. The molecule has 4 aromatic rings. The third kappa shape index (κ3) is 1.38.